The van der Waals surface area contributed by atoms with Crippen molar-refractivity contribution in [2.75, 3.05) is 32.6 Å². The van der Waals surface area contributed by atoms with E-state index in [4.69, 9.17) is 4.74 Å². The van der Waals surface area contributed by atoms with Gasteiger partial charge >= 0.3 is 0 Å². The number of ether oxygens (including phenoxy) is 1. The second-order valence-corrected chi connectivity index (χ2v) is 8.76. The van der Waals surface area contributed by atoms with Crippen molar-refractivity contribution in [3.05, 3.63) is 59.9 Å². The molecular weight excluding hydrogens is 403 g/mol. The largest absolute Gasteiger partial charge is 0.383 e. The Hall–Kier alpha value is -1.94. The lowest BCUT2D eigenvalue weighted by Gasteiger charge is -2.08. The van der Waals surface area contributed by atoms with Crippen LogP contribution in [0.15, 0.2) is 58.3 Å². The molecular formula is C19H23FN2O4S2. The van der Waals surface area contributed by atoms with Crippen LogP contribution in [0, 0.1) is 5.82 Å². The minimum absolute atomic E-state index is 0.0934. The van der Waals surface area contributed by atoms with Crippen LogP contribution in [0.5, 0.6) is 0 Å². The summed E-state index contributed by atoms with van der Waals surface area (Å²) in [4.78, 5) is 13.2. The monoisotopic (exact) mass is 426 g/mol. The van der Waals surface area contributed by atoms with Crippen molar-refractivity contribution in [2.45, 2.75) is 16.2 Å². The van der Waals surface area contributed by atoms with Gasteiger partial charge in [-0.2, -0.15) is 0 Å². The number of methoxy groups -OCH3 is 1. The lowest BCUT2D eigenvalue weighted by molar-refractivity contribution is 0.0953. The predicted octanol–water partition coefficient (Wildman–Crippen LogP) is 2.66. The van der Waals surface area contributed by atoms with E-state index < -0.39 is 10.0 Å². The molecule has 0 saturated carbocycles. The maximum absolute atomic E-state index is 12.8. The molecule has 2 rings (SSSR count). The van der Waals surface area contributed by atoms with Crippen molar-refractivity contribution < 1.29 is 22.3 Å². The molecule has 0 aliphatic carbocycles. The molecule has 0 saturated heterocycles. The van der Waals surface area contributed by atoms with Gasteiger partial charge in [-0.1, -0.05) is 0 Å². The smallest absolute Gasteiger partial charge is 0.251 e. The molecule has 0 aliphatic heterocycles. The van der Waals surface area contributed by atoms with Crippen LogP contribution in [0.3, 0.4) is 0 Å². The van der Waals surface area contributed by atoms with Crippen LogP contribution in [0.1, 0.15) is 16.8 Å². The summed E-state index contributed by atoms with van der Waals surface area (Å²) in [6.45, 7) is 0.946. The van der Waals surface area contributed by atoms with E-state index in [0.717, 1.165) is 17.1 Å². The Kier molecular flexibility index (Phi) is 8.91. The Labute approximate surface area is 168 Å². The van der Waals surface area contributed by atoms with Gasteiger partial charge in [0.05, 0.1) is 11.5 Å². The fraction of sp³-hybridized carbons (Fsp3) is 0.316. The van der Waals surface area contributed by atoms with Crippen LogP contribution in [0.4, 0.5) is 4.39 Å². The third kappa shape index (κ3) is 7.23. The Morgan fingerprint density at radius 3 is 2.39 bits per heavy atom. The van der Waals surface area contributed by atoms with Crippen LogP contribution in [0.25, 0.3) is 0 Å². The third-order valence-corrected chi connectivity index (χ3v) is 6.29. The van der Waals surface area contributed by atoms with Crippen molar-refractivity contribution in [3.8, 4) is 0 Å². The highest BCUT2D eigenvalue weighted by atomic mass is 32.2. The predicted molar refractivity (Wildman–Crippen MR) is 108 cm³/mol. The summed E-state index contributed by atoms with van der Waals surface area (Å²) < 4.78 is 44.2. The first-order chi connectivity index (χ1) is 13.4. The lowest BCUT2D eigenvalue weighted by atomic mass is 10.2. The van der Waals surface area contributed by atoms with Crippen molar-refractivity contribution in [2.24, 2.45) is 0 Å². The molecule has 28 heavy (non-hydrogen) atoms. The maximum atomic E-state index is 12.8. The molecule has 2 aromatic rings. The van der Waals surface area contributed by atoms with E-state index in [2.05, 4.69) is 10.0 Å². The highest BCUT2D eigenvalue weighted by Gasteiger charge is 2.14. The zero-order valence-corrected chi connectivity index (χ0v) is 17.1. The average Bonchev–Trinajstić information content (AvgIpc) is 2.69. The molecule has 0 radical (unpaired) electrons. The van der Waals surface area contributed by atoms with E-state index >= 15 is 0 Å². The molecule has 0 spiro atoms. The number of carbonyl (C=O) groups excluding carboxylic acids is 1. The van der Waals surface area contributed by atoms with Gasteiger partial charge in [0.2, 0.25) is 10.0 Å². The summed E-state index contributed by atoms with van der Waals surface area (Å²) >= 11 is 1.59. The first-order valence-electron chi connectivity index (χ1n) is 8.67. The van der Waals surface area contributed by atoms with Crippen molar-refractivity contribution in [3.63, 3.8) is 0 Å². The van der Waals surface area contributed by atoms with Crippen molar-refractivity contribution >= 4 is 27.7 Å². The summed E-state index contributed by atoms with van der Waals surface area (Å²) in [6.07, 6.45) is 0.754. The Bertz CT molecular complexity index is 857. The maximum Gasteiger partial charge on any atom is 0.251 e. The van der Waals surface area contributed by atoms with Crippen molar-refractivity contribution in [1.29, 1.82) is 0 Å². The van der Waals surface area contributed by atoms with E-state index in [1.54, 1.807) is 23.9 Å². The lowest BCUT2D eigenvalue weighted by Crippen LogP contribution is -2.27. The van der Waals surface area contributed by atoms with Crippen LogP contribution in [-0.4, -0.2) is 46.9 Å². The zero-order chi connectivity index (χ0) is 20.4. The SMILES string of the molecule is COCCNS(=O)(=O)c1ccc(C(=O)NCCCSc2ccc(F)cc2)cc1. The highest BCUT2D eigenvalue weighted by Crippen LogP contribution is 2.18. The second kappa shape index (κ2) is 11.2. The summed E-state index contributed by atoms with van der Waals surface area (Å²) in [6, 6.07) is 12.0. The van der Waals surface area contributed by atoms with E-state index in [9.17, 15) is 17.6 Å². The van der Waals surface area contributed by atoms with Gasteiger partial charge in [-0.3, -0.25) is 4.79 Å². The molecule has 1 amide bonds. The first-order valence-corrected chi connectivity index (χ1v) is 11.1. The number of nitrogens with one attached hydrogen (secondary N) is 2. The second-order valence-electron chi connectivity index (χ2n) is 5.83. The molecule has 6 nitrogen and oxygen atoms in total. The van der Waals surface area contributed by atoms with Gasteiger partial charge in [-0.25, -0.2) is 17.5 Å². The van der Waals surface area contributed by atoms with Gasteiger partial charge < -0.3 is 10.1 Å². The van der Waals surface area contributed by atoms with Crippen LogP contribution >= 0.6 is 11.8 Å². The molecule has 0 aliphatic rings. The summed E-state index contributed by atoms with van der Waals surface area (Å²) in [5.74, 6) is 0.264. The minimum Gasteiger partial charge on any atom is -0.383 e. The molecule has 2 N–H and O–H groups in total. The van der Waals surface area contributed by atoms with Gasteiger partial charge in [-0.15, -0.1) is 11.8 Å². The normalized spacial score (nSPS) is 11.4. The number of benzene rings is 2. The van der Waals surface area contributed by atoms with Gasteiger partial charge in [-0.05, 0) is 60.7 Å². The van der Waals surface area contributed by atoms with Gasteiger partial charge in [0.25, 0.3) is 5.91 Å². The van der Waals surface area contributed by atoms with Gasteiger partial charge in [0.15, 0.2) is 0 Å². The number of halogens is 1. The third-order valence-electron chi connectivity index (χ3n) is 3.71. The molecule has 0 unspecified atom stereocenters. The Morgan fingerprint density at radius 2 is 1.75 bits per heavy atom. The molecule has 9 heteroatoms. The molecule has 0 aromatic heterocycles. The molecule has 0 atom stereocenters. The van der Waals surface area contributed by atoms with E-state index in [1.807, 2.05) is 0 Å². The van der Waals surface area contributed by atoms with E-state index in [-0.39, 0.29) is 29.8 Å². The topological polar surface area (TPSA) is 84.5 Å². The molecule has 2 aromatic carbocycles. The van der Waals surface area contributed by atoms with E-state index in [1.165, 1.54) is 43.5 Å². The average molecular weight is 427 g/mol. The summed E-state index contributed by atoms with van der Waals surface area (Å²) in [5.41, 5.74) is 0.391. The summed E-state index contributed by atoms with van der Waals surface area (Å²) in [7, 11) is -2.13. The van der Waals surface area contributed by atoms with E-state index in [0.29, 0.717) is 12.1 Å². The quantitative estimate of drug-likeness (QED) is 0.426. The Morgan fingerprint density at radius 1 is 1.07 bits per heavy atom. The van der Waals surface area contributed by atoms with Gasteiger partial charge in [0.1, 0.15) is 5.82 Å². The molecule has 152 valence electrons. The first kappa shape index (κ1) is 22.4. The number of thioether (sulfide) groups is 1. The number of rotatable bonds is 11. The van der Waals surface area contributed by atoms with Crippen LogP contribution in [-0.2, 0) is 14.8 Å². The molecule has 0 fully saturated rings. The van der Waals surface area contributed by atoms with Crippen LogP contribution in [0.2, 0.25) is 0 Å². The van der Waals surface area contributed by atoms with Gasteiger partial charge in [0, 0.05) is 30.7 Å². The number of carbonyl (C=O) groups is 1. The number of amides is 1. The molecule has 0 bridgehead atoms. The fourth-order valence-corrected chi connectivity index (χ4v) is 4.11. The summed E-state index contributed by atoms with van der Waals surface area (Å²) in [5, 5.41) is 2.80. The highest BCUT2D eigenvalue weighted by molar-refractivity contribution is 7.99. The van der Waals surface area contributed by atoms with Crippen LogP contribution < -0.4 is 10.0 Å². The minimum atomic E-state index is -3.62. The Balaban J connectivity index is 1.75. The van der Waals surface area contributed by atoms with Crippen molar-refractivity contribution in [1.82, 2.24) is 10.0 Å². The fourth-order valence-electron chi connectivity index (χ4n) is 2.24. The number of sulfonamides is 1. The standard InChI is InChI=1S/C19H23FN2O4S2/c1-26-13-12-22-28(24,25)18-9-3-15(4-10-18)19(23)21-11-2-14-27-17-7-5-16(20)6-8-17/h3-10,22H,2,11-14H2,1H3,(H,21,23). The zero-order valence-electron chi connectivity index (χ0n) is 15.5. The number of hydrogen-bond acceptors (Lipinski definition) is 5. The number of hydrogen-bond donors (Lipinski definition) is 2. The molecule has 0 heterocycles.